The minimum Gasteiger partial charge on any atom is -0.315 e. The number of hydrogen-bond acceptors (Lipinski definition) is 4. The van der Waals surface area contributed by atoms with Crippen LogP contribution in [0.15, 0.2) is 0 Å². The molecule has 0 radical (unpaired) electrons. The van der Waals surface area contributed by atoms with Crippen LogP contribution in [0.2, 0.25) is 0 Å². The molecule has 1 heterocycles. The summed E-state index contributed by atoms with van der Waals surface area (Å²) in [5.74, 6) is 0. The molecular weight excluding hydrogens is 224 g/mol. The van der Waals surface area contributed by atoms with E-state index in [1.807, 2.05) is 0 Å². The lowest BCUT2D eigenvalue weighted by Crippen LogP contribution is -2.34. The number of nitrogens with zero attached hydrogens (tertiary/aromatic N) is 2. The first-order chi connectivity index (χ1) is 8.79. The van der Waals surface area contributed by atoms with E-state index in [0.29, 0.717) is 0 Å². The van der Waals surface area contributed by atoms with Gasteiger partial charge in [-0.25, -0.2) is 0 Å². The maximum atomic E-state index is 3.53. The molecule has 0 bridgehead atoms. The van der Waals surface area contributed by atoms with Gasteiger partial charge in [0.1, 0.15) is 0 Å². The van der Waals surface area contributed by atoms with Crippen molar-refractivity contribution >= 4 is 0 Å². The Kier molecular flexibility index (Phi) is 9.48. The fraction of sp³-hybridized carbons (Fsp3) is 1.00. The summed E-state index contributed by atoms with van der Waals surface area (Å²) in [6, 6.07) is 0. The van der Waals surface area contributed by atoms with Crippen LogP contribution in [0, 0.1) is 0 Å². The third-order valence-corrected chi connectivity index (χ3v) is 3.63. The van der Waals surface area contributed by atoms with Gasteiger partial charge in [0.15, 0.2) is 0 Å². The van der Waals surface area contributed by atoms with Crippen LogP contribution in [0.5, 0.6) is 0 Å². The third-order valence-electron chi connectivity index (χ3n) is 3.63. The summed E-state index contributed by atoms with van der Waals surface area (Å²) in [4.78, 5) is 4.87. The van der Waals surface area contributed by atoms with Crippen LogP contribution in [-0.2, 0) is 0 Å². The van der Waals surface area contributed by atoms with E-state index in [-0.39, 0.29) is 0 Å². The Morgan fingerprint density at radius 3 is 1.56 bits per heavy atom. The lowest BCUT2D eigenvalue weighted by molar-refractivity contribution is 0.276. The summed E-state index contributed by atoms with van der Waals surface area (Å²) < 4.78 is 0. The third kappa shape index (κ3) is 8.86. The van der Waals surface area contributed by atoms with Gasteiger partial charge < -0.3 is 20.4 Å². The Labute approximate surface area is 113 Å². The zero-order chi connectivity index (χ0) is 13.1. The number of likely N-dealkylation sites (N-methyl/N-ethyl adjacent to an activating group) is 2. The van der Waals surface area contributed by atoms with Gasteiger partial charge in [-0.3, -0.25) is 0 Å². The second-order valence-corrected chi connectivity index (χ2v) is 5.52. The highest BCUT2D eigenvalue weighted by molar-refractivity contribution is 4.60. The average molecular weight is 256 g/mol. The van der Waals surface area contributed by atoms with E-state index in [2.05, 4.69) is 34.5 Å². The molecule has 0 amide bonds. The van der Waals surface area contributed by atoms with Gasteiger partial charge in [0.2, 0.25) is 0 Å². The molecule has 0 aromatic carbocycles. The van der Waals surface area contributed by atoms with Crippen molar-refractivity contribution in [3.05, 3.63) is 0 Å². The molecule has 4 nitrogen and oxygen atoms in total. The summed E-state index contributed by atoms with van der Waals surface area (Å²) in [6.07, 6.45) is 5.23. The van der Waals surface area contributed by atoms with Crippen LogP contribution in [-0.4, -0.2) is 76.3 Å². The first kappa shape index (κ1) is 15.9. The smallest absolute Gasteiger partial charge is 0.0104 e. The molecule has 4 heteroatoms. The van der Waals surface area contributed by atoms with Crippen molar-refractivity contribution in [1.29, 1.82) is 0 Å². The van der Waals surface area contributed by atoms with Crippen molar-refractivity contribution in [2.45, 2.75) is 25.7 Å². The lowest BCUT2D eigenvalue weighted by Gasteiger charge is -2.21. The molecule has 0 aromatic heterocycles. The van der Waals surface area contributed by atoms with E-state index in [4.69, 9.17) is 0 Å². The van der Waals surface area contributed by atoms with Gasteiger partial charge in [-0.15, -0.1) is 0 Å². The average Bonchev–Trinajstić information content (AvgIpc) is 2.34. The van der Waals surface area contributed by atoms with Gasteiger partial charge in [0.05, 0.1) is 0 Å². The van der Waals surface area contributed by atoms with Crippen LogP contribution in [0.3, 0.4) is 0 Å². The first-order valence-electron chi connectivity index (χ1n) is 7.57. The lowest BCUT2D eigenvalue weighted by atomic mass is 10.2. The van der Waals surface area contributed by atoms with E-state index < -0.39 is 0 Å². The Morgan fingerprint density at radius 2 is 1.06 bits per heavy atom. The standard InChI is InChI=1S/C14H32N4/c1-17-11-6-12-18(2)14-10-16-8-5-3-4-7-15-9-13-17/h15-16H,3-14H2,1-2H3. The van der Waals surface area contributed by atoms with Crippen molar-refractivity contribution in [3.8, 4) is 0 Å². The summed E-state index contributed by atoms with van der Waals surface area (Å²) in [6.45, 7) is 9.37. The highest BCUT2D eigenvalue weighted by atomic mass is 15.1. The Balaban J connectivity index is 2.18. The van der Waals surface area contributed by atoms with Crippen LogP contribution in [0.1, 0.15) is 25.7 Å². The van der Waals surface area contributed by atoms with Crippen molar-refractivity contribution in [2.75, 3.05) is 66.5 Å². The predicted octanol–water partition coefficient (Wildman–Crippen LogP) is 0.603. The van der Waals surface area contributed by atoms with E-state index in [0.717, 1.165) is 13.1 Å². The van der Waals surface area contributed by atoms with Gasteiger partial charge in [-0.2, -0.15) is 0 Å². The van der Waals surface area contributed by atoms with Crippen molar-refractivity contribution in [3.63, 3.8) is 0 Å². The normalized spacial score (nSPS) is 25.0. The molecule has 0 saturated carbocycles. The highest BCUT2D eigenvalue weighted by Crippen LogP contribution is 1.94. The second kappa shape index (κ2) is 10.7. The first-order valence-corrected chi connectivity index (χ1v) is 7.57. The summed E-state index contributed by atoms with van der Waals surface area (Å²) in [5.41, 5.74) is 0. The zero-order valence-corrected chi connectivity index (χ0v) is 12.4. The van der Waals surface area contributed by atoms with Crippen LogP contribution in [0.25, 0.3) is 0 Å². The summed E-state index contributed by atoms with van der Waals surface area (Å²) in [7, 11) is 4.46. The molecule has 18 heavy (non-hydrogen) atoms. The van der Waals surface area contributed by atoms with Crippen molar-refractivity contribution < 1.29 is 0 Å². The van der Waals surface area contributed by atoms with E-state index in [1.165, 1.54) is 65.0 Å². The SMILES string of the molecule is CN1CCCN(C)CCNCCCCCNCC1. The van der Waals surface area contributed by atoms with Gasteiger partial charge in [-0.1, -0.05) is 6.42 Å². The maximum Gasteiger partial charge on any atom is 0.0104 e. The van der Waals surface area contributed by atoms with Crippen molar-refractivity contribution in [1.82, 2.24) is 20.4 Å². The van der Waals surface area contributed by atoms with Crippen LogP contribution >= 0.6 is 0 Å². The van der Waals surface area contributed by atoms with Crippen LogP contribution < -0.4 is 10.6 Å². The molecule has 0 aromatic rings. The molecule has 0 unspecified atom stereocenters. The number of rotatable bonds is 0. The molecule has 0 spiro atoms. The number of nitrogens with one attached hydrogen (secondary N) is 2. The number of hydrogen-bond donors (Lipinski definition) is 2. The minimum atomic E-state index is 1.13. The zero-order valence-electron chi connectivity index (χ0n) is 12.4. The topological polar surface area (TPSA) is 30.5 Å². The van der Waals surface area contributed by atoms with Gasteiger partial charge in [0.25, 0.3) is 0 Å². The minimum absolute atomic E-state index is 1.13. The van der Waals surface area contributed by atoms with E-state index >= 15 is 0 Å². The molecule has 0 aliphatic carbocycles. The fourth-order valence-electron chi connectivity index (χ4n) is 2.30. The van der Waals surface area contributed by atoms with E-state index in [1.54, 1.807) is 0 Å². The quantitative estimate of drug-likeness (QED) is 0.665. The fourth-order valence-corrected chi connectivity index (χ4v) is 2.30. The van der Waals surface area contributed by atoms with Crippen molar-refractivity contribution in [2.24, 2.45) is 0 Å². The molecule has 2 N–H and O–H groups in total. The monoisotopic (exact) mass is 256 g/mol. The van der Waals surface area contributed by atoms with Crippen LogP contribution in [0.4, 0.5) is 0 Å². The molecule has 1 rings (SSSR count). The molecule has 1 fully saturated rings. The van der Waals surface area contributed by atoms with Gasteiger partial charge in [0, 0.05) is 26.2 Å². The van der Waals surface area contributed by atoms with Gasteiger partial charge in [-0.05, 0) is 59.5 Å². The highest BCUT2D eigenvalue weighted by Gasteiger charge is 2.02. The molecular formula is C14H32N4. The molecule has 1 saturated heterocycles. The second-order valence-electron chi connectivity index (χ2n) is 5.52. The summed E-state index contributed by atoms with van der Waals surface area (Å²) >= 11 is 0. The largest absolute Gasteiger partial charge is 0.315 e. The predicted molar refractivity (Wildman–Crippen MR) is 79.2 cm³/mol. The maximum absolute atomic E-state index is 3.53. The molecule has 1 aliphatic heterocycles. The Morgan fingerprint density at radius 1 is 0.556 bits per heavy atom. The van der Waals surface area contributed by atoms with Gasteiger partial charge >= 0.3 is 0 Å². The van der Waals surface area contributed by atoms with E-state index in [9.17, 15) is 0 Å². The Bertz CT molecular complexity index is 169. The Hall–Kier alpha value is -0.160. The molecule has 108 valence electrons. The molecule has 0 atom stereocenters. The molecule has 1 aliphatic rings. The summed E-state index contributed by atoms with van der Waals surface area (Å²) in [5, 5.41) is 7.07.